The van der Waals surface area contributed by atoms with Gasteiger partial charge in [-0.3, -0.25) is 4.90 Å². The molecule has 1 aliphatic rings. The molecule has 1 fully saturated rings. The lowest BCUT2D eigenvalue weighted by Gasteiger charge is -2.35. The SMILES string of the molecule is CC(O)CN(C)C(=O)NCC(C)N1CCC(C)CC1. The number of urea groups is 1. The Kier molecular flexibility index (Phi) is 6.58. The van der Waals surface area contributed by atoms with Crippen molar-refractivity contribution >= 4 is 6.03 Å². The lowest BCUT2D eigenvalue weighted by Crippen LogP contribution is -2.48. The van der Waals surface area contributed by atoms with Gasteiger partial charge < -0.3 is 15.3 Å². The number of aliphatic hydroxyl groups is 1. The summed E-state index contributed by atoms with van der Waals surface area (Å²) in [5, 5.41) is 12.2. The number of hydrogen-bond acceptors (Lipinski definition) is 3. The van der Waals surface area contributed by atoms with Crippen LogP contribution in [-0.2, 0) is 0 Å². The molecule has 1 aliphatic heterocycles. The smallest absolute Gasteiger partial charge is 0.317 e. The molecule has 2 N–H and O–H groups in total. The third-order valence-corrected chi connectivity index (χ3v) is 3.88. The Hall–Kier alpha value is -0.810. The maximum Gasteiger partial charge on any atom is 0.317 e. The molecular weight excluding hydrogens is 242 g/mol. The number of rotatable bonds is 5. The average Bonchev–Trinajstić information content (AvgIpc) is 2.35. The van der Waals surface area contributed by atoms with E-state index >= 15 is 0 Å². The van der Waals surface area contributed by atoms with Crippen molar-refractivity contribution < 1.29 is 9.90 Å². The molecule has 1 rings (SSSR count). The summed E-state index contributed by atoms with van der Waals surface area (Å²) in [5.74, 6) is 0.829. The van der Waals surface area contributed by atoms with E-state index in [1.165, 1.54) is 17.7 Å². The minimum absolute atomic E-state index is 0.113. The zero-order valence-corrected chi connectivity index (χ0v) is 12.7. The maximum atomic E-state index is 11.8. The predicted octanol–water partition coefficient (Wildman–Crippen LogP) is 1.13. The van der Waals surface area contributed by atoms with Gasteiger partial charge in [0.25, 0.3) is 0 Å². The molecule has 112 valence electrons. The molecule has 2 unspecified atom stereocenters. The number of nitrogens with zero attached hydrogens (tertiary/aromatic N) is 2. The highest BCUT2D eigenvalue weighted by molar-refractivity contribution is 5.73. The van der Waals surface area contributed by atoms with Gasteiger partial charge in [-0.15, -0.1) is 0 Å². The number of carbonyl (C=O) groups excluding carboxylic acids is 1. The standard InChI is InChI=1S/C14H29N3O2/c1-11-5-7-17(8-6-11)12(2)9-15-14(19)16(4)10-13(3)18/h11-13,18H,5-10H2,1-4H3,(H,15,19). The minimum Gasteiger partial charge on any atom is -0.392 e. The second kappa shape index (κ2) is 7.70. The van der Waals surface area contributed by atoms with Crippen LogP contribution in [0.2, 0.25) is 0 Å². The molecule has 19 heavy (non-hydrogen) atoms. The number of hydrogen-bond donors (Lipinski definition) is 2. The van der Waals surface area contributed by atoms with Crippen LogP contribution < -0.4 is 5.32 Å². The molecule has 0 saturated carbocycles. The van der Waals surface area contributed by atoms with Gasteiger partial charge in [-0.25, -0.2) is 4.79 Å². The van der Waals surface area contributed by atoms with Crippen LogP contribution >= 0.6 is 0 Å². The molecule has 0 aliphatic carbocycles. The third kappa shape index (κ3) is 5.78. The van der Waals surface area contributed by atoms with Crippen molar-refractivity contribution in [1.82, 2.24) is 15.1 Å². The van der Waals surface area contributed by atoms with E-state index in [9.17, 15) is 9.90 Å². The first-order valence-corrected chi connectivity index (χ1v) is 7.31. The second-order valence-electron chi connectivity index (χ2n) is 5.98. The van der Waals surface area contributed by atoms with E-state index in [4.69, 9.17) is 0 Å². The molecule has 0 spiro atoms. The van der Waals surface area contributed by atoms with Gasteiger partial charge in [0.05, 0.1) is 6.10 Å². The van der Waals surface area contributed by atoms with E-state index in [1.807, 2.05) is 0 Å². The van der Waals surface area contributed by atoms with Crippen molar-refractivity contribution in [3.63, 3.8) is 0 Å². The number of likely N-dealkylation sites (tertiary alicyclic amines) is 1. The Morgan fingerprint density at radius 3 is 2.53 bits per heavy atom. The number of carbonyl (C=O) groups is 1. The molecule has 0 bridgehead atoms. The Labute approximate surface area is 117 Å². The average molecular weight is 271 g/mol. The van der Waals surface area contributed by atoms with Crippen molar-refractivity contribution in [2.45, 2.75) is 45.8 Å². The van der Waals surface area contributed by atoms with Crippen LogP contribution in [0.5, 0.6) is 0 Å². The van der Waals surface area contributed by atoms with Gasteiger partial charge in [0.15, 0.2) is 0 Å². The quantitative estimate of drug-likeness (QED) is 0.788. The Balaban J connectivity index is 2.25. The van der Waals surface area contributed by atoms with Crippen molar-refractivity contribution in [2.24, 2.45) is 5.92 Å². The maximum absolute atomic E-state index is 11.8. The zero-order valence-electron chi connectivity index (χ0n) is 12.7. The van der Waals surface area contributed by atoms with E-state index in [-0.39, 0.29) is 6.03 Å². The Morgan fingerprint density at radius 1 is 1.42 bits per heavy atom. The van der Waals surface area contributed by atoms with Crippen LogP contribution in [-0.4, -0.2) is 66.3 Å². The lowest BCUT2D eigenvalue weighted by molar-refractivity contribution is 0.133. The summed E-state index contributed by atoms with van der Waals surface area (Å²) in [6.45, 7) is 9.42. The Morgan fingerprint density at radius 2 is 2.00 bits per heavy atom. The molecule has 0 aromatic heterocycles. The van der Waals surface area contributed by atoms with Crippen LogP contribution in [0.25, 0.3) is 0 Å². The molecule has 1 saturated heterocycles. The molecule has 1 heterocycles. The molecule has 0 aromatic rings. The number of piperidine rings is 1. The first kappa shape index (κ1) is 16.2. The highest BCUT2D eigenvalue weighted by Crippen LogP contribution is 2.17. The monoisotopic (exact) mass is 271 g/mol. The normalized spacial score (nSPS) is 20.9. The van der Waals surface area contributed by atoms with Crippen molar-refractivity contribution in [3.05, 3.63) is 0 Å². The molecule has 0 aromatic carbocycles. The number of amides is 2. The summed E-state index contributed by atoms with van der Waals surface area (Å²) in [7, 11) is 1.70. The van der Waals surface area contributed by atoms with Crippen molar-refractivity contribution in [3.8, 4) is 0 Å². The lowest BCUT2D eigenvalue weighted by atomic mass is 9.98. The zero-order chi connectivity index (χ0) is 14.4. The third-order valence-electron chi connectivity index (χ3n) is 3.88. The fourth-order valence-corrected chi connectivity index (χ4v) is 2.45. The topological polar surface area (TPSA) is 55.8 Å². The van der Waals surface area contributed by atoms with Gasteiger partial charge in [0, 0.05) is 26.2 Å². The summed E-state index contributed by atoms with van der Waals surface area (Å²) < 4.78 is 0. The summed E-state index contributed by atoms with van der Waals surface area (Å²) in [6.07, 6.45) is 2.01. The number of nitrogens with one attached hydrogen (secondary N) is 1. The van der Waals surface area contributed by atoms with Gasteiger partial charge in [-0.05, 0) is 45.7 Å². The van der Waals surface area contributed by atoms with Crippen LogP contribution in [0, 0.1) is 5.92 Å². The Bertz CT molecular complexity index is 276. The fraction of sp³-hybridized carbons (Fsp3) is 0.929. The fourth-order valence-electron chi connectivity index (χ4n) is 2.45. The summed E-state index contributed by atoms with van der Waals surface area (Å²) in [6, 6.07) is 0.259. The van der Waals surface area contributed by atoms with Gasteiger partial charge >= 0.3 is 6.03 Å². The largest absolute Gasteiger partial charge is 0.392 e. The summed E-state index contributed by atoms with van der Waals surface area (Å²) in [5.41, 5.74) is 0. The van der Waals surface area contributed by atoms with E-state index < -0.39 is 6.10 Å². The first-order chi connectivity index (χ1) is 8.90. The van der Waals surface area contributed by atoms with Crippen LogP contribution in [0.3, 0.4) is 0 Å². The van der Waals surface area contributed by atoms with Crippen LogP contribution in [0.1, 0.15) is 33.6 Å². The van der Waals surface area contributed by atoms with E-state index in [0.29, 0.717) is 19.1 Å². The molecule has 2 atom stereocenters. The second-order valence-corrected chi connectivity index (χ2v) is 5.98. The highest BCUT2D eigenvalue weighted by atomic mass is 16.3. The molecule has 5 nitrogen and oxygen atoms in total. The highest BCUT2D eigenvalue weighted by Gasteiger charge is 2.21. The summed E-state index contributed by atoms with van der Waals surface area (Å²) >= 11 is 0. The first-order valence-electron chi connectivity index (χ1n) is 7.31. The van der Waals surface area contributed by atoms with Crippen molar-refractivity contribution in [2.75, 3.05) is 33.2 Å². The van der Waals surface area contributed by atoms with E-state index in [1.54, 1.807) is 14.0 Å². The van der Waals surface area contributed by atoms with Gasteiger partial charge in [-0.1, -0.05) is 6.92 Å². The predicted molar refractivity (Wildman–Crippen MR) is 77.1 cm³/mol. The van der Waals surface area contributed by atoms with Crippen molar-refractivity contribution in [1.29, 1.82) is 0 Å². The minimum atomic E-state index is -0.489. The summed E-state index contributed by atoms with van der Waals surface area (Å²) in [4.78, 5) is 15.8. The molecule has 2 amide bonds. The molecule has 5 heteroatoms. The van der Waals surface area contributed by atoms with Crippen LogP contribution in [0.4, 0.5) is 4.79 Å². The van der Waals surface area contributed by atoms with Gasteiger partial charge in [0.2, 0.25) is 0 Å². The number of aliphatic hydroxyl groups excluding tert-OH is 1. The molecular formula is C14H29N3O2. The van der Waals surface area contributed by atoms with Gasteiger partial charge in [0.1, 0.15) is 0 Å². The van der Waals surface area contributed by atoms with E-state index in [0.717, 1.165) is 19.0 Å². The van der Waals surface area contributed by atoms with Crippen LogP contribution in [0.15, 0.2) is 0 Å². The van der Waals surface area contributed by atoms with Gasteiger partial charge in [-0.2, -0.15) is 0 Å². The number of likely N-dealkylation sites (N-methyl/N-ethyl adjacent to an activating group) is 1. The molecule has 0 radical (unpaired) electrons. The van der Waals surface area contributed by atoms with E-state index in [2.05, 4.69) is 24.1 Å².